The van der Waals surface area contributed by atoms with Crippen molar-refractivity contribution in [3.05, 3.63) is 59.1 Å². The number of hydrogen-bond acceptors (Lipinski definition) is 5. The van der Waals surface area contributed by atoms with Gasteiger partial charge in [-0.25, -0.2) is 4.79 Å². The second-order valence-electron chi connectivity index (χ2n) is 6.18. The maximum atomic E-state index is 12.8. The summed E-state index contributed by atoms with van der Waals surface area (Å²) < 4.78 is 5.11. The number of imide groups is 1. The van der Waals surface area contributed by atoms with Gasteiger partial charge in [-0.2, -0.15) is 5.01 Å². The fourth-order valence-electron chi connectivity index (χ4n) is 2.72. The molecule has 2 N–H and O–H groups in total. The Morgan fingerprint density at radius 2 is 1.89 bits per heavy atom. The van der Waals surface area contributed by atoms with Crippen molar-refractivity contribution >= 4 is 41.2 Å². The number of carbonyl (C=O) groups is 3. The van der Waals surface area contributed by atoms with Crippen LogP contribution in [-0.4, -0.2) is 35.7 Å². The number of urea groups is 1. The van der Waals surface area contributed by atoms with E-state index >= 15 is 0 Å². The second-order valence-corrected chi connectivity index (χ2v) is 7.60. The SMILES string of the molecule is COc1ccc(C2(C)NC(=O)N(NC(=O)CSc3ccccc3Cl)C2=O)cc1. The number of thioether (sulfide) groups is 1. The minimum Gasteiger partial charge on any atom is -0.497 e. The van der Waals surface area contributed by atoms with Gasteiger partial charge in [-0.15, -0.1) is 11.8 Å². The highest BCUT2D eigenvalue weighted by Crippen LogP contribution is 2.30. The number of ether oxygens (including phenoxy) is 1. The first-order valence-corrected chi connectivity index (χ1v) is 9.69. The predicted octanol–water partition coefficient (Wildman–Crippen LogP) is 2.94. The van der Waals surface area contributed by atoms with Crippen molar-refractivity contribution in [3.63, 3.8) is 0 Å². The molecule has 1 atom stereocenters. The highest BCUT2D eigenvalue weighted by molar-refractivity contribution is 8.00. The van der Waals surface area contributed by atoms with Crippen molar-refractivity contribution in [1.29, 1.82) is 0 Å². The molecule has 9 heteroatoms. The largest absolute Gasteiger partial charge is 0.497 e. The van der Waals surface area contributed by atoms with Gasteiger partial charge < -0.3 is 10.1 Å². The lowest BCUT2D eigenvalue weighted by molar-refractivity contribution is -0.138. The van der Waals surface area contributed by atoms with Crippen LogP contribution in [0.15, 0.2) is 53.4 Å². The topological polar surface area (TPSA) is 87.7 Å². The number of nitrogens with zero attached hydrogens (tertiary/aromatic N) is 1. The quantitative estimate of drug-likeness (QED) is 0.555. The number of benzene rings is 2. The van der Waals surface area contributed by atoms with Crippen LogP contribution in [-0.2, 0) is 15.1 Å². The zero-order valence-electron chi connectivity index (χ0n) is 15.2. The van der Waals surface area contributed by atoms with E-state index in [1.165, 1.54) is 18.9 Å². The van der Waals surface area contributed by atoms with Crippen LogP contribution in [0.3, 0.4) is 0 Å². The van der Waals surface area contributed by atoms with Crippen molar-refractivity contribution in [3.8, 4) is 5.75 Å². The maximum Gasteiger partial charge on any atom is 0.344 e. The van der Waals surface area contributed by atoms with E-state index in [1.807, 2.05) is 6.07 Å². The highest BCUT2D eigenvalue weighted by atomic mass is 35.5. The van der Waals surface area contributed by atoms with Crippen molar-refractivity contribution < 1.29 is 19.1 Å². The molecular weight excluding hydrogens is 402 g/mol. The van der Waals surface area contributed by atoms with Gasteiger partial charge in [0.15, 0.2) is 0 Å². The molecule has 7 nitrogen and oxygen atoms in total. The molecule has 28 heavy (non-hydrogen) atoms. The van der Waals surface area contributed by atoms with E-state index in [4.69, 9.17) is 16.3 Å². The Balaban J connectivity index is 1.67. The third kappa shape index (κ3) is 3.93. The first kappa shape index (κ1) is 20.0. The molecule has 3 rings (SSSR count). The summed E-state index contributed by atoms with van der Waals surface area (Å²) in [6.07, 6.45) is 0. The van der Waals surface area contributed by atoms with Crippen LogP contribution in [0.25, 0.3) is 0 Å². The standard InChI is InChI=1S/C19H18ClN3O4S/c1-19(12-7-9-13(27-2)10-8-12)17(25)23(18(26)21-19)22-16(24)11-28-15-6-4-3-5-14(15)20/h3-10H,11H2,1-2H3,(H,21,26)(H,22,24). The van der Waals surface area contributed by atoms with Crippen molar-refractivity contribution in [2.45, 2.75) is 17.4 Å². The van der Waals surface area contributed by atoms with Crippen LogP contribution >= 0.6 is 23.4 Å². The van der Waals surface area contributed by atoms with E-state index < -0.39 is 23.4 Å². The van der Waals surface area contributed by atoms with E-state index in [1.54, 1.807) is 49.4 Å². The van der Waals surface area contributed by atoms with Crippen LogP contribution in [0.4, 0.5) is 4.79 Å². The molecule has 1 aliphatic heterocycles. The summed E-state index contributed by atoms with van der Waals surface area (Å²) in [4.78, 5) is 38.1. The molecule has 1 saturated heterocycles. The van der Waals surface area contributed by atoms with Gasteiger partial charge >= 0.3 is 6.03 Å². The molecule has 0 aliphatic carbocycles. The predicted molar refractivity (Wildman–Crippen MR) is 106 cm³/mol. The van der Waals surface area contributed by atoms with Crippen molar-refractivity contribution in [2.24, 2.45) is 0 Å². The molecule has 1 unspecified atom stereocenters. The van der Waals surface area contributed by atoms with Gasteiger partial charge in [0, 0.05) is 4.90 Å². The Hall–Kier alpha value is -2.71. The molecule has 0 radical (unpaired) electrons. The molecule has 1 heterocycles. The zero-order valence-corrected chi connectivity index (χ0v) is 16.8. The summed E-state index contributed by atoms with van der Waals surface area (Å²) >= 11 is 7.27. The molecule has 0 spiro atoms. The van der Waals surface area contributed by atoms with Gasteiger partial charge in [-0.3, -0.25) is 15.0 Å². The van der Waals surface area contributed by atoms with Crippen LogP contribution in [0.5, 0.6) is 5.75 Å². The Morgan fingerprint density at radius 3 is 2.54 bits per heavy atom. The number of amides is 4. The number of hydrogen-bond donors (Lipinski definition) is 2. The molecular formula is C19H18ClN3O4S. The van der Waals surface area contributed by atoms with Gasteiger partial charge in [0.2, 0.25) is 5.91 Å². The smallest absolute Gasteiger partial charge is 0.344 e. The normalized spacial score (nSPS) is 18.8. The number of carbonyl (C=O) groups excluding carboxylic acids is 3. The number of hydrazine groups is 1. The first-order valence-electron chi connectivity index (χ1n) is 8.33. The molecule has 1 fully saturated rings. The van der Waals surface area contributed by atoms with Gasteiger partial charge in [0.1, 0.15) is 11.3 Å². The zero-order chi connectivity index (χ0) is 20.3. The second kappa shape index (κ2) is 8.12. The Labute approximate surface area is 171 Å². The van der Waals surface area contributed by atoms with Gasteiger partial charge in [-0.1, -0.05) is 35.9 Å². The van der Waals surface area contributed by atoms with E-state index in [0.717, 1.165) is 4.90 Å². The van der Waals surface area contributed by atoms with Gasteiger partial charge in [0.25, 0.3) is 5.91 Å². The number of halogens is 1. The Kier molecular flexibility index (Phi) is 5.81. The Bertz CT molecular complexity index is 922. The average Bonchev–Trinajstić information content (AvgIpc) is 2.91. The summed E-state index contributed by atoms with van der Waals surface area (Å²) in [6, 6.07) is 13.2. The average molecular weight is 420 g/mol. The summed E-state index contributed by atoms with van der Waals surface area (Å²) in [5.74, 6) is -0.433. The first-order chi connectivity index (χ1) is 13.3. The van der Waals surface area contributed by atoms with Crippen LogP contribution < -0.4 is 15.5 Å². The van der Waals surface area contributed by atoms with Crippen LogP contribution in [0, 0.1) is 0 Å². The summed E-state index contributed by atoms with van der Waals surface area (Å²) in [7, 11) is 1.54. The minimum atomic E-state index is -1.29. The monoisotopic (exact) mass is 419 g/mol. The number of methoxy groups -OCH3 is 1. The molecule has 0 bridgehead atoms. The fourth-order valence-corrected chi connectivity index (χ4v) is 3.75. The molecule has 4 amide bonds. The highest BCUT2D eigenvalue weighted by Gasteiger charge is 2.50. The van der Waals surface area contributed by atoms with Crippen molar-refractivity contribution in [2.75, 3.05) is 12.9 Å². The third-order valence-electron chi connectivity index (χ3n) is 4.29. The molecule has 0 saturated carbocycles. The number of rotatable bonds is 6. The molecule has 1 aliphatic rings. The van der Waals surface area contributed by atoms with E-state index in [-0.39, 0.29) is 5.75 Å². The summed E-state index contributed by atoms with van der Waals surface area (Å²) in [6.45, 7) is 1.58. The molecule has 146 valence electrons. The number of nitrogens with one attached hydrogen (secondary N) is 2. The third-order valence-corrected chi connectivity index (χ3v) is 5.81. The van der Waals surface area contributed by atoms with E-state index in [0.29, 0.717) is 21.3 Å². The molecule has 2 aromatic rings. The van der Waals surface area contributed by atoms with Gasteiger partial charge in [0.05, 0.1) is 17.9 Å². The van der Waals surface area contributed by atoms with Crippen molar-refractivity contribution in [1.82, 2.24) is 15.8 Å². The summed E-state index contributed by atoms with van der Waals surface area (Å²) in [5, 5.41) is 3.86. The molecule has 0 aromatic heterocycles. The lowest BCUT2D eigenvalue weighted by Gasteiger charge is -2.22. The van der Waals surface area contributed by atoms with Gasteiger partial charge in [-0.05, 0) is 36.8 Å². The lowest BCUT2D eigenvalue weighted by atomic mass is 9.92. The fraction of sp³-hybridized carbons (Fsp3) is 0.211. The lowest BCUT2D eigenvalue weighted by Crippen LogP contribution is -2.48. The molecule has 2 aromatic carbocycles. The van der Waals surface area contributed by atoms with Crippen LogP contribution in [0.1, 0.15) is 12.5 Å². The van der Waals surface area contributed by atoms with Crippen LogP contribution in [0.2, 0.25) is 5.02 Å². The minimum absolute atomic E-state index is 0.0000431. The van der Waals surface area contributed by atoms with E-state index in [2.05, 4.69) is 10.7 Å². The Morgan fingerprint density at radius 1 is 1.21 bits per heavy atom. The maximum absolute atomic E-state index is 12.8. The summed E-state index contributed by atoms with van der Waals surface area (Å²) in [5.41, 5.74) is 1.65. The van der Waals surface area contributed by atoms with E-state index in [9.17, 15) is 14.4 Å².